The molecule has 1 aliphatic rings. The van der Waals surface area contributed by atoms with Crippen LogP contribution in [-0.2, 0) is 19.7 Å². The molecule has 1 saturated heterocycles. The maximum Gasteiger partial charge on any atom is 0.183 e. The highest BCUT2D eigenvalue weighted by atomic mass is 32.2. The Morgan fingerprint density at radius 1 is 1.22 bits per heavy atom. The molecule has 1 aliphatic heterocycles. The van der Waals surface area contributed by atoms with Gasteiger partial charge in [0, 0.05) is 12.1 Å². The van der Waals surface area contributed by atoms with Gasteiger partial charge in [-0.3, -0.25) is 0 Å². The predicted octanol–water partition coefficient (Wildman–Crippen LogP) is 1.02. The van der Waals surface area contributed by atoms with E-state index < -0.39 is 31.0 Å². The summed E-state index contributed by atoms with van der Waals surface area (Å²) in [7, 11) is -7.10. The van der Waals surface area contributed by atoms with Crippen LogP contribution in [0.3, 0.4) is 0 Å². The van der Waals surface area contributed by atoms with Gasteiger partial charge in [0.05, 0.1) is 28.3 Å². The number of hydrogen-bond donors (Lipinski definition) is 1. The van der Waals surface area contributed by atoms with E-state index in [4.69, 9.17) is 4.74 Å². The summed E-state index contributed by atoms with van der Waals surface area (Å²) in [5, 5.41) is 2.11. The van der Waals surface area contributed by atoms with Crippen molar-refractivity contribution in [2.24, 2.45) is 0 Å². The van der Waals surface area contributed by atoms with Crippen molar-refractivity contribution in [1.82, 2.24) is 5.32 Å². The summed E-state index contributed by atoms with van der Waals surface area (Å²) < 4.78 is 54.8. The van der Waals surface area contributed by atoms with Crippen molar-refractivity contribution in [3.05, 3.63) is 24.3 Å². The largest absolute Gasteiger partial charge is 0.494 e. The van der Waals surface area contributed by atoms with E-state index in [1.165, 1.54) is 12.1 Å². The molecule has 1 aromatic rings. The number of rotatable bonds is 6. The van der Waals surface area contributed by atoms with E-state index in [2.05, 4.69) is 5.32 Å². The van der Waals surface area contributed by atoms with Gasteiger partial charge in [-0.2, -0.15) is 0 Å². The molecule has 1 aromatic carbocycles. The Hall–Kier alpha value is -1.12. The number of ether oxygens (including phenoxy) is 1. The second kappa shape index (κ2) is 6.78. The lowest BCUT2D eigenvalue weighted by atomic mass is 10.2. The highest BCUT2D eigenvalue weighted by Crippen LogP contribution is 2.27. The molecular weight excluding hydrogens is 338 g/mol. The van der Waals surface area contributed by atoms with Crippen LogP contribution >= 0.6 is 0 Å². The van der Waals surface area contributed by atoms with Crippen LogP contribution in [0.5, 0.6) is 5.75 Å². The third-order valence-corrected chi connectivity index (χ3v) is 7.88. The van der Waals surface area contributed by atoms with E-state index in [-0.39, 0.29) is 22.4 Å². The van der Waals surface area contributed by atoms with Crippen molar-refractivity contribution >= 4 is 19.7 Å². The van der Waals surface area contributed by atoms with Gasteiger partial charge in [-0.15, -0.1) is 0 Å². The van der Waals surface area contributed by atoms with Gasteiger partial charge in [0.15, 0.2) is 19.7 Å². The summed E-state index contributed by atoms with van der Waals surface area (Å²) in [6, 6.07) is 5.54. The minimum Gasteiger partial charge on any atom is -0.494 e. The Bertz CT molecular complexity index is 739. The van der Waals surface area contributed by atoms with Gasteiger partial charge in [-0.25, -0.2) is 16.8 Å². The van der Waals surface area contributed by atoms with Crippen molar-refractivity contribution < 1.29 is 21.6 Å². The topological polar surface area (TPSA) is 89.5 Å². The molecule has 0 bridgehead atoms. The van der Waals surface area contributed by atoms with Gasteiger partial charge in [-0.05, 0) is 31.2 Å². The molecular formula is C15H23NO5S2. The Balaban J connectivity index is 2.32. The SMILES string of the molecule is CCOc1ccc(S(=O)(=O)[C@H]2CS(=O)(=O)C[C@@H]2NC(C)C)cc1. The fourth-order valence-electron chi connectivity index (χ4n) is 2.77. The van der Waals surface area contributed by atoms with Crippen molar-refractivity contribution in [2.45, 2.75) is 43.0 Å². The van der Waals surface area contributed by atoms with E-state index in [1.807, 2.05) is 20.8 Å². The second-order valence-corrected chi connectivity index (χ2v) is 10.3. The molecule has 0 radical (unpaired) electrons. The maximum atomic E-state index is 12.8. The average molecular weight is 361 g/mol. The molecule has 2 rings (SSSR count). The molecule has 1 N–H and O–H groups in total. The summed E-state index contributed by atoms with van der Waals surface area (Å²) in [6.07, 6.45) is 0. The Kier molecular flexibility index (Phi) is 5.37. The van der Waals surface area contributed by atoms with Crippen molar-refractivity contribution in [3.63, 3.8) is 0 Å². The lowest BCUT2D eigenvalue weighted by Crippen LogP contribution is -2.46. The Labute approximate surface area is 138 Å². The summed E-state index contributed by atoms with van der Waals surface area (Å²) in [4.78, 5) is 0.124. The smallest absolute Gasteiger partial charge is 0.183 e. The van der Waals surface area contributed by atoms with E-state index in [0.717, 1.165) is 0 Å². The zero-order valence-electron chi connectivity index (χ0n) is 13.5. The van der Waals surface area contributed by atoms with Crippen LogP contribution in [0.2, 0.25) is 0 Å². The molecule has 0 spiro atoms. The van der Waals surface area contributed by atoms with Crippen LogP contribution in [0.25, 0.3) is 0 Å². The van der Waals surface area contributed by atoms with Crippen LogP contribution in [-0.4, -0.2) is 52.3 Å². The minimum atomic E-state index is -3.73. The van der Waals surface area contributed by atoms with E-state index >= 15 is 0 Å². The normalized spacial score (nSPS) is 24.0. The zero-order valence-corrected chi connectivity index (χ0v) is 15.2. The van der Waals surface area contributed by atoms with Gasteiger partial charge in [0.1, 0.15) is 5.75 Å². The van der Waals surface area contributed by atoms with E-state index in [1.54, 1.807) is 12.1 Å². The van der Waals surface area contributed by atoms with Gasteiger partial charge in [0.25, 0.3) is 0 Å². The highest BCUT2D eigenvalue weighted by Gasteiger charge is 2.45. The van der Waals surface area contributed by atoms with Crippen LogP contribution in [0, 0.1) is 0 Å². The molecule has 23 heavy (non-hydrogen) atoms. The Morgan fingerprint density at radius 2 is 1.83 bits per heavy atom. The first-order chi connectivity index (χ1) is 10.7. The van der Waals surface area contributed by atoms with Gasteiger partial charge < -0.3 is 10.1 Å². The molecule has 6 nitrogen and oxygen atoms in total. The fourth-order valence-corrected chi connectivity index (χ4v) is 7.45. The van der Waals surface area contributed by atoms with E-state index in [0.29, 0.717) is 12.4 Å². The second-order valence-electron chi connectivity index (χ2n) is 5.99. The molecule has 0 unspecified atom stereocenters. The molecule has 0 amide bonds. The summed E-state index contributed by atoms with van der Waals surface area (Å²) in [6.45, 7) is 6.07. The van der Waals surface area contributed by atoms with Crippen molar-refractivity contribution in [2.75, 3.05) is 18.1 Å². The van der Waals surface area contributed by atoms with Gasteiger partial charge in [-0.1, -0.05) is 13.8 Å². The molecule has 8 heteroatoms. The molecule has 130 valence electrons. The molecule has 0 aliphatic carbocycles. The first-order valence-corrected chi connectivity index (χ1v) is 11.0. The van der Waals surface area contributed by atoms with Crippen LogP contribution in [0.15, 0.2) is 29.2 Å². The maximum absolute atomic E-state index is 12.8. The fraction of sp³-hybridized carbons (Fsp3) is 0.600. The van der Waals surface area contributed by atoms with Gasteiger partial charge >= 0.3 is 0 Å². The number of benzene rings is 1. The summed E-state index contributed by atoms with van der Waals surface area (Å²) in [5.74, 6) is 0.0984. The van der Waals surface area contributed by atoms with E-state index in [9.17, 15) is 16.8 Å². The van der Waals surface area contributed by atoms with Crippen molar-refractivity contribution in [1.29, 1.82) is 0 Å². The van der Waals surface area contributed by atoms with Crippen LogP contribution < -0.4 is 10.1 Å². The summed E-state index contributed by atoms with van der Waals surface area (Å²) >= 11 is 0. The average Bonchev–Trinajstić information content (AvgIpc) is 2.74. The molecule has 2 atom stereocenters. The third-order valence-electron chi connectivity index (χ3n) is 3.71. The lowest BCUT2D eigenvalue weighted by Gasteiger charge is -2.22. The first-order valence-electron chi connectivity index (χ1n) is 7.59. The monoisotopic (exact) mass is 361 g/mol. The highest BCUT2D eigenvalue weighted by molar-refractivity contribution is 7.96. The zero-order chi connectivity index (χ0) is 17.3. The van der Waals surface area contributed by atoms with Crippen LogP contribution in [0.4, 0.5) is 0 Å². The standard InChI is InChI=1S/C15H23NO5S2/c1-4-21-12-5-7-13(8-6-12)23(19,20)15-10-22(17,18)9-14(15)16-11(2)3/h5-8,11,14-16H,4,9-10H2,1-3H3/t14-,15-/m0/s1. The quantitative estimate of drug-likeness (QED) is 0.814. The summed E-state index contributed by atoms with van der Waals surface area (Å²) in [5.41, 5.74) is 0. The molecule has 0 saturated carbocycles. The van der Waals surface area contributed by atoms with Crippen LogP contribution in [0.1, 0.15) is 20.8 Å². The minimum absolute atomic E-state index is 0.00586. The third kappa shape index (κ3) is 4.24. The Morgan fingerprint density at radius 3 is 2.35 bits per heavy atom. The molecule has 0 aromatic heterocycles. The number of sulfone groups is 2. The van der Waals surface area contributed by atoms with Gasteiger partial charge in [0.2, 0.25) is 0 Å². The first kappa shape index (κ1) is 18.2. The number of hydrogen-bond acceptors (Lipinski definition) is 6. The predicted molar refractivity (Wildman–Crippen MR) is 89.3 cm³/mol. The molecule has 1 fully saturated rings. The number of nitrogens with one attached hydrogen (secondary N) is 1. The molecule has 1 heterocycles. The lowest BCUT2D eigenvalue weighted by molar-refractivity contribution is 0.340. The van der Waals surface area contributed by atoms with Crippen molar-refractivity contribution in [3.8, 4) is 5.75 Å².